The number of hydrogen-bond donors (Lipinski definition) is 3. The molecule has 2 rings (SSSR count). The van der Waals surface area contributed by atoms with Crippen molar-refractivity contribution in [2.45, 2.75) is 87.4 Å². The maximum Gasteiger partial charge on any atom is 0.251 e. The second kappa shape index (κ2) is 7.58. The topological polar surface area (TPSA) is 24.1 Å². The summed E-state index contributed by atoms with van der Waals surface area (Å²) < 4.78 is 25.5. The molecule has 0 aliphatic heterocycles. The maximum absolute atomic E-state index is 12.7. The van der Waals surface area contributed by atoms with Crippen LogP contribution in [-0.4, -0.2) is 34.0 Å². The monoisotopic (exact) mass is 352 g/mol. The van der Waals surface area contributed by atoms with E-state index in [2.05, 4.69) is 44.0 Å². The highest BCUT2D eigenvalue weighted by atomic mass is 32.2. The molecule has 2 nitrogen and oxygen atoms in total. The van der Waals surface area contributed by atoms with Crippen molar-refractivity contribution < 1.29 is 8.78 Å². The Morgan fingerprint density at radius 3 is 2.55 bits per heavy atom. The molecular formula is C16H30F2N2S2. The highest BCUT2D eigenvalue weighted by Crippen LogP contribution is 2.38. The highest BCUT2D eigenvalue weighted by Gasteiger charge is 2.44. The zero-order chi connectivity index (χ0) is 16.4. The Labute approximate surface area is 143 Å². The molecule has 2 aliphatic rings. The van der Waals surface area contributed by atoms with Gasteiger partial charge in [-0.3, -0.25) is 0 Å². The summed E-state index contributed by atoms with van der Waals surface area (Å²) in [4.78, 5) is -0.103. The lowest BCUT2D eigenvalue weighted by atomic mass is 9.88. The van der Waals surface area contributed by atoms with Crippen LogP contribution in [0.2, 0.25) is 0 Å². The van der Waals surface area contributed by atoms with Crippen LogP contribution in [0.15, 0.2) is 0 Å². The summed E-state index contributed by atoms with van der Waals surface area (Å²) in [6.45, 7) is 6.44. The molecule has 22 heavy (non-hydrogen) atoms. The summed E-state index contributed by atoms with van der Waals surface area (Å²) in [6, 6.07) is 0.609. The molecule has 6 heteroatoms. The van der Waals surface area contributed by atoms with Gasteiger partial charge in [0.15, 0.2) is 0 Å². The smallest absolute Gasteiger partial charge is 0.251 e. The Bertz CT molecular complexity index is 353. The van der Waals surface area contributed by atoms with Crippen LogP contribution in [-0.2, 0) is 0 Å². The van der Waals surface area contributed by atoms with Crippen LogP contribution < -0.4 is 10.6 Å². The van der Waals surface area contributed by atoms with Gasteiger partial charge < -0.3 is 10.6 Å². The molecule has 0 radical (unpaired) electrons. The largest absolute Gasteiger partial charge is 0.305 e. The van der Waals surface area contributed by atoms with Gasteiger partial charge >= 0.3 is 0 Å². The van der Waals surface area contributed by atoms with Crippen LogP contribution in [0.5, 0.6) is 0 Å². The number of thiol groups is 1. The summed E-state index contributed by atoms with van der Waals surface area (Å²) in [5.74, 6) is -0.843. The minimum atomic E-state index is -2.42. The van der Waals surface area contributed by atoms with Gasteiger partial charge in [0.2, 0.25) is 0 Å². The third-order valence-electron chi connectivity index (χ3n) is 4.59. The summed E-state index contributed by atoms with van der Waals surface area (Å²) in [5.41, 5.74) is 0. The number of alkyl halides is 2. The van der Waals surface area contributed by atoms with Crippen LogP contribution in [0.3, 0.4) is 0 Å². The Hall–Kier alpha value is 0.480. The first-order valence-corrected chi connectivity index (χ1v) is 9.85. The minimum absolute atomic E-state index is 0.0113. The Morgan fingerprint density at radius 2 is 1.95 bits per heavy atom. The highest BCUT2D eigenvalue weighted by molar-refractivity contribution is 7.99. The lowest BCUT2D eigenvalue weighted by molar-refractivity contribution is -0.0914. The molecular weight excluding hydrogens is 322 g/mol. The molecule has 0 aromatic carbocycles. The zero-order valence-corrected chi connectivity index (χ0v) is 15.6. The fourth-order valence-corrected chi connectivity index (χ4v) is 4.78. The van der Waals surface area contributed by atoms with Gasteiger partial charge in [-0.15, -0.1) is 11.8 Å². The summed E-state index contributed by atoms with van der Waals surface area (Å²) >= 11 is 6.41. The van der Waals surface area contributed by atoms with E-state index in [9.17, 15) is 8.78 Å². The maximum atomic E-state index is 12.7. The quantitative estimate of drug-likeness (QED) is 0.449. The first-order valence-electron chi connectivity index (χ1n) is 8.36. The van der Waals surface area contributed by atoms with Crippen molar-refractivity contribution in [3.05, 3.63) is 0 Å². The van der Waals surface area contributed by atoms with E-state index in [4.69, 9.17) is 0 Å². The summed E-state index contributed by atoms with van der Waals surface area (Å²) in [7, 11) is 0. The van der Waals surface area contributed by atoms with Crippen molar-refractivity contribution in [2.75, 3.05) is 5.88 Å². The van der Waals surface area contributed by atoms with Crippen LogP contribution in [0.25, 0.3) is 0 Å². The molecule has 2 aliphatic carbocycles. The molecule has 2 fully saturated rings. The predicted octanol–water partition coefficient (Wildman–Crippen LogP) is 4.27. The second-order valence-corrected chi connectivity index (χ2v) is 10.1. The van der Waals surface area contributed by atoms with Gasteiger partial charge in [0, 0.05) is 36.1 Å². The van der Waals surface area contributed by atoms with Crippen molar-refractivity contribution in [3.63, 3.8) is 0 Å². The number of nitrogens with one attached hydrogen (secondary N) is 2. The van der Waals surface area contributed by atoms with E-state index in [0.717, 1.165) is 11.8 Å². The van der Waals surface area contributed by atoms with Crippen molar-refractivity contribution in [2.24, 2.45) is 5.92 Å². The third-order valence-corrected chi connectivity index (χ3v) is 5.82. The molecule has 0 spiro atoms. The molecule has 0 aromatic rings. The molecule has 0 aromatic heterocycles. The normalized spacial score (nSPS) is 30.3. The SMILES string of the molecule is CC(CC1CCC(NC(C)(C)S)C1)SCNC1CC(F)(F)C1. The molecule has 0 bridgehead atoms. The molecule has 3 unspecified atom stereocenters. The predicted molar refractivity (Wildman–Crippen MR) is 95.0 cm³/mol. The van der Waals surface area contributed by atoms with Crippen molar-refractivity contribution >= 4 is 24.4 Å². The average Bonchev–Trinajstić information content (AvgIpc) is 2.71. The van der Waals surface area contributed by atoms with Gasteiger partial charge in [-0.05, 0) is 45.4 Å². The van der Waals surface area contributed by atoms with Gasteiger partial charge in [0.25, 0.3) is 5.92 Å². The Balaban J connectivity index is 1.55. The number of thioether (sulfide) groups is 1. The lowest BCUT2D eigenvalue weighted by Gasteiger charge is -2.35. The van der Waals surface area contributed by atoms with Crippen molar-refractivity contribution in [1.82, 2.24) is 10.6 Å². The average molecular weight is 353 g/mol. The minimum Gasteiger partial charge on any atom is -0.305 e. The van der Waals surface area contributed by atoms with E-state index < -0.39 is 5.92 Å². The molecule has 2 N–H and O–H groups in total. The van der Waals surface area contributed by atoms with Crippen LogP contribution in [0, 0.1) is 5.92 Å². The zero-order valence-electron chi connectivity index (χ0n) is 13.9. The first kappa shape index (κ1) is 18.8. The molecule has 2 saturated carbocycles. The van der Waals surface area contributed by atoms with E-state index in [1.165, 1.54) is 25.7 Å². The van der Waals surface area contributed by atoms with Crippen LogP contribution >= 0.6 is 24.4 Å². The number of hydrogen-bond acceptors (Lipinski definition) is 4. The first-order chi connectivity index (χ1) is 10.1. The fraction of sp³-hybridized carbons (Fsp3) is 1.00. The number of halogens is 2. The van der Waals surface area contributed by atoms with E-state index in [-0.39, 0.29) is 23.8 Å². The van der Waals surface area contributed by atoms with Gasteiger partial charge in [-0.1, -0.05) is 6.92 Å². The fourth-order valence-electron chi connectivity index (χ4n) is 3.57. The van der Waals surface area contributed by atoms with Crippen LogP contribution in [0.1, 0.15) is 59.3 Å². The van der Waals surface area contributed by atoms with Gasteiger partial charge in [-0.2, -0.15) is 12.6 Å². The molecule has 3 atom stereocenters. The Kier molecular flexibility index (Phi) is 6.48. The second-order valence-electron chi connectivity index (χ2n) is 7.60. The summed E-state index contributed by atoms with van der Waals surface area (Å²) in [6.07, 6.45) is 5.00. The molecule has 0 heterocycles. The molecule has 0 saturated heterocycles. The van der Waals surface area contributed by atoms with E-state index in [0.29, 0.717) is 11.3 Å². The molecule has 0 amide bonds. The third kappa shape index (κ3) is 6.54. The molecule has 130 valence electrons. The van der Waals surface area contributed by atoms with Gasteiger partial charge in [0.05, 0.1) is 4.87 Å². The van der Waals surface area contributed by atoms with Gasteiger partial charge in [0.1, 0.15) is 0 Å². The van der Waals surface area contributed by atoms with E-state index in [1.807, 2.05) is 11.8 Å². The Morgan fingerprint density at radius 1 is 1.27 bits per heavy atom. The van der Waals surface area contributed by atoms with Crippen LogP contribution in [0.4, 0.5) is 8.78 Å². The summed E-state index contributed by atoms with van der Waals surface area (Å²) in [5, 5.41) is 7.39. The number of rotatable bonds is 8. The van der Waals surface area contributed by atoms with Crippen molar-refractivity contribution in [1.29, 1.82) is 0 Å². The standard InChI is InChI=1S/C16H30F2N2S2/c1-11(22-10-19-14-8-16(17,18)9-14)6-12-4-5-13(7-12)20-15(2,3)21/h11-14,19-21H,4-10H2,1-3H3. The lowest BCUT2D eigenvalue weighted by Crippen LogP contribution is -2.48. The van der Waals surface area contributed by atoms with E-state index in [1.54, 1.807) is 0 Å². The van der Waals surface area contributed by atoms with E-state index >= 15 is 0 Å². The van der Waals surface area contributed by atoms with Gasteiger partial charge in [-0.25, -0.2) is 8.78 Å². The van der Waals surface area contributed by atoms with Crippen molar-refractivity contribution in [3.8, 4) is 0 Å².